The smallest absolute Gasteiger partial charge is 0.146 e. The first-order valence-electron chi connectivity index (χ1n) is 4.81. The minimum absolute atomic E-state index is 0.171. The molecular formula is C11H17FN2. The van der Waals surface area contributed by atoms with Crippen molar-refractivity contribution in [1.82, 2.24) is 5.32 Å². The summed E-state index contributed by atoms with van der Waals surface area (Å²) in [6, 6.07) is 5.20. The van der Waals surface area contributed by atoms with Crippen LogP contribution < -0.4 is 10.2 Å². The molecule has 0 saturated heterocycles. The van der Waals surface area contributed by atoms with Gasteiger partial charge in [-0.1, -0.05) is 13.0 Å². The maximum atomic E-state index is 13.3. The molecule has 0 aliphatic rings. The fraction of sp³-hybridized carbons (Fsp3) is 0.455. The van der Waals surface area contributed by atoms with E-state index in [1.54, 1.807) is 4.90 Å². The number of benzene rings is 1. The Morgan fingerprint density at radius 2 is 2.07 bits per heavy atom. The van der Waals surface area contributed by atoms with Gasteiger partial charge in [-0.3, -0.25) is 0 Å². The van der Waals surface area contributed by atoms with Gasteiger partial charge in [-0.05, 0) is 24.2 Å². The number of anilines is 1. The first-order chi connectivity index (χ1) is 6.65. The van der Waals surface area contributed by atoms with E-state index in [0.717, 1.165) is 18.7 Å². The van der Waals surface area contributed by atoms with Crippen molar-refractivity contribution >= 4 is 5.69 Å². The van der Waals surface area contributed by atoms with Crippen LogP contribution in [-0.2, 0) is 6.54 Å². The molecule has 0 aliphatic heterocycles. The molecule has 78 valence electrons. The van der Waals surface area contributed by atoms with Crippen LogP contribution in [0, 0.1) is 5.82 Å². The van der Waals surface area contributed by atoms with Gasteiger partial charge in [0.1, 0.15) is 5.82 Å². The Hall–Kier alpha value is -1.09. The van der Waals surface area contributed by atoms with E-state index in [1.165, 1.54) is 6.07 Å². The van der Waals surface area contributed by atoms with E-state index in [9.17, 15) is 4.39 Å². The van der Waals surface area contributed by atoms with Crippen LogP contribution in [0.5, 0.6) is 0 Å². The summed E-state index contributed by atoms with van der Waals surface area (Å²) < 4.78 is 13.3. The molecule has 0 heterocycles. The van der Waals surface area contributed by atoms with Gasteiger partial charge in [0.2, 0.25) is 0 Å². The standard InChI is InChI=1S/C11H17FN2/c1-4-13-8-9-5-6-10(12)11(7-9)14(2)3/h5-7,13H,4,8H2,1-3H3. The highest BCUT2D eigenvalue weighted by molar-refractivity contribution is 5.48. The first-order valence-corrected chi connectivity index (χ1v) is 4.81. The molecule has 1 aromatic rings. The highest BCUT2D eigenvalue weighted by Gasteiger charge is 2.04. The van der Waals surface area contributed by atoms with Crippen molar-refractivity contribution in [2.75, 3.05) is 25.5 Å². The lowest BCUT2D eigenvalue weighted by Crippen LogP contribution is -2.14. The average molecular weight is 196 g/mol. The van der Waals surface area contributed by atoms with Crippen molar-refractivity contribution in [3.63, 3.8) is 0 Å². The summed E-state index contributed by atoms with van der Waals surface area (Å²) in [7, 11) is 3.69. The number of rotatable bonds is 4. The fourth-order valence-electron chi connectivity index (χ4n) is 1.28. The van der Waals surface area contributed by atoms with Gasteiger partial charge >= 0.3 is 0 Å². The van der Waals surface area contributed by atoms with E-state index in [2.05, 4.69) is 12.2 Å². The maximum absolute atomic E-state index is 13.3. The van der Waals surface area contributed by atoms with Crippen LogP contribution in [0.3, 0.4) is 0 Å². The molecule has 0 saturated carbocycles. The zero-order valence-electron chi connectivity index (χ0n) is 8.97. The predicted octanol–water partition coefficient (Wildman–Crippen LogP) is 2.00. The van der Waals surface area contributed by atoms with E-state index >= 15 is 0 Å². The van der Waals surface area contributed by atoms with Gasteiger partial charge in [0.15, 0.2) is 0 Å². The number of hydrogen-bond acceptors (Lipinski definition) is 2. The van der Waals surface area contributed by atoms with Gasteiger partial charge in [-0.2, -0.15) is 0 Å². The second-order valence-corrected chi connectivity index (χ2v) is 3.46. The normalized spacial score (nSPS) is 10.3. The van der Waals surface area contributed by atoms with E-state index < -0.39 is 0 Å². The van der Waals surface area contributed by atoms with Crippen molar-refractivity contribution in [1.29, 1.82) is 0 Å². The van der Waals surface area contributed by atoms with Gasteiger partial charge in [0, 0.05) is 20.6 Å². The minimum Gasteiger partial charge on any atom is -0.375 e. The summed E-state index contributed by atoms with van der Waals surface area (Å²) in [5.74, 6) is -0.171. The van der Waals surface area contributed by atoms with Gasteiger partial charge in [-0.15, -0.1) is 0 Å². The molecule has 0 radical (unpaired) electrons. The van der Waals surface area contributed by atoms with Crippen LogP contribution in [0.4, 0.5) is 10.1 Å². The molecule has 0 aromatic heterocycles. The van der Waals surface area contributed by atoms with Gasteiger partial charge in [0.05, 0.1) is 5.69 Å². The number of hydrogen-bond donors (Lipinski definition) is 1. The Kier molecular flexibility index (Phi) is 3.89. The number of nitrogens with one attached hydrogen (secondary N) is 1. The molecular weight excluding hydrogens is 179 g/mol. The third-order valence-corrected chi connectivity index (χ3v) is 2.07. The second-order valence-electron chi connectivity index (χ2n) is 3.46. The zero-order valence-corrected chi connectivity index (χ0v) is 8.97. The molecule has 0 fully saturated rings. The second kappa shape index (κ2) is 4.96. The SMILES string of the molecule is CCNCc1ccc(F)c(N(C)C)c1. The lowest BCUT2D eigenvalue weighted by atomic mass is 10.2. The van der Waals surface area contributed by atoms with E-state index in [1.807, 2.05) is 26.2 Å². The Bertz CT molecular complexity index is 297. The van der Waals surface area contributed by atoms with E-state index in [-0.39, 0.29) is 5.82 Å². The molecule has 1 aromatic carbocycles. The van der Waals surface area contributed by atoms with Crippen LogP contribution in [-0.4, -0.2) is 20.6 Å². The molecule has 1 N–H and O–H groups in total. The van der Waals surface area contributed by atoms with Crippen LogP contribution >= 0.6 is 0 Å². The zero-order chi connectivity index (χ0) is 10.6. The molecule has 1 rings (SSSR count). The highest BCUT2D eigenvalue weighted by Crippen LogP contribution is 2.18. The maximum Gasteiger partial charge on any atom is 0.146 e. The molecule has 3 heteroatoms. The quantitative estimate of drug-likeness (QED) is 0.792. The average Bonchev–Trinajstić information content (AvgIpc) is 2.16. The summed E-state index contributed by atoms with van der Waals surface area (Å²) in [6.45, 7) is 3.77. The minimum atomic E-state index is -0.171. The Morgan fingerprint density at radius 1 is 1.36 bits per heavy atom. The summed E-state index contributed by atoms with van der Waals surface area (Å²) in [5, 5.41) is 3.21. The highest BCUT2D eigenvalue weighted by atomic mass is 19.1. The van der Waals surface area contributed by atoms with Crippen LogP contribution in [0.15, 0.2) is 18.2 Å². The van der Waals surface area contributed by atoms with Gasteiger partial charge in [-0.25, -0.2) is 4.39 Å². The molecule has 0 unspecified atom stereocenters. The van der Waals surface area contributed by atoms with Crippen LogP contribution in [0.1, 0.15) is 12.5 Å². The molecule has 0 atom stereocenters. The van der Waals surface area contributed by atoms with E-state index in [0.29, 0.717) is 5.69 Å². The largest absolute Gasteiger partial charge is 0.375 e. The lowest BCUT2D eigenvalue weighted by molar-refractivity contribution is 0.624. The van der Waals surface area contributed by atoms with E-state index in [4.69, 9.17) is 0 Å². The molecule has 0 bridgehead atoms. The molecule has 0 aliphatic carbocycles. The summed E-state index contributed by atoms with van der Waals surface area (Å²) in [6.07, 6.45) is 0. The molecule has 14 heavy (non-hydrogen) atoms. The third-order valence-electron chi connectivity index (χ3n) is 2.07. The summed E-state index contributed by atoms with van der Waals surface area (Å²) in [4.78, 5) is 1.78. The molecule has 0 spiro atoms. The van der Waals surface area contributed by atoms with Crippen LogP contribution in [0.2, 0.25) is 0 Å². The summed E-state index contributed by atoms with van der Waals surface area (Å²) >= 11 is 0. The van der Waals surface area contributed by atoms with Crippen molar-refractivity contribution in [2.45, 2.75) is 13.5 Å². The number of halogens is 1. The Labute approximate surface area is 84.7 Å². The van der Waals surface area contributed by atoms with Crippen molar-refractivity contribution in [2.24, 2.45) is 0 Å². The number of nitrogens with zero attached hydrogens (tertiary/aromatic N) is 1. The summed E-state index contributed by atoms with van der Waals surface area (Å²) in [5.41, 5.74) is 1.75. The van der Waals surface area contributed by atoms with Crippen molar-refractivity contribution in [3.8, 4) is 0 Å². The lowest BCUT2D eigenvalue weighted by Gasteiger charge is -2.14. The van der Waals surface area contributed by atoms with Crippen molar-refractivity contribution < 1.29 is 4.39 Å². The monoisotopic (exact) mass is 196 g/mol. The molecule has 0 amide bonds. The van der Waals surface area contributed by atoms with Crippen LogP contribution in [0.25, 0.3) is 0 Å². The predicted molar refractivity (Wildman–Crippen MR) is 58.1 cm³/mol. The molecule has 2 nitrogen and oxygen atoms in total. The third kappa shape index (κ3) is 2.70. The van der Waals surface area contributed by atoms with Gasteiger partial charge < -0.3 is 10.2 Å². The van der Waals surface area contributed by atoms with Crippen molar-refractivity contribution in [3.05, 3.63) is 29.6 Å². The topological polar surface area (TPSA) is 15.3 Å². The van der Waals surface area contributed by atoms with Gasteiger partial charge in [0.25, 0.3) is 0 Å². The Morgan fingerprint density at radius 3 is 2.64 bits per heavy atom. The first kappa shape index (κ1) is 11.0. The Balaban J connectivity index is 2.83. The fourth-order valence-corrected chi connectivity index (χ4v) is 1.28.